The van der Waals surface area contributed by atoms with Crippen molar-refractivity contribution in [1.82, 2.24) is 0 Å². The molecule has 0 amide bonds. The molecule has 1 aliphatic heterocycles. The summed E-state index contributed by atoms with van der Waals surface area (Å²) in [5.41, 5.74) is 2.50. The van der Waals surface area contributed by atoms with Crippen molar-refractivity contribution in [2.24, 2.45) is 23.5 Å². The number of aliphatic hydroxyl groups is 7. The zero-order valence-corrected chi connectivity index (χ0v) is 15.8. The highest BCUT2D eigenvalue weighted by Gasteiger charge is 2.73. The maximum absolute atomic E-state index is 10.7. The highest BCUT2D eigenvalue weighted by molar-refractivity contribution is 5.20. The first-order chi connectivity index (χ1) is 12.5. The van der Waals surface area contributed by atoms with Gasteiger partial charge in [0.05, 0.1) is 43.2 Å². The van der Waals surface area contributed by atoms with E-state index in [1.807, 2.05) is 0 Å². The topological polar surface area (TPSA) is 186 Å². The van der Waals surface area contributed by atoms with Crippen LogP contribution in [0.2, 0.25) is 0 Å². The van der Waals surface area contributed by atoms with E-state index in [2.05, 4.69) is 0 Å². The second kappa shape index (κ2) is 8.15. The Labute approximate surface area is 158 Å². The van der Waals surface area contributed by atoms with Crippen molar-refractivity contribution in [2.75, 3.05) is 19.8 Å². The van der Waals surface area contributed by atoms with Gasteiger partial charge in [-0.2, -0.15) is 0 Å². The molecule has 0 bridgehead atoms. The Bertz CT molecular complexity index is 507. The Balaban J connectivity index is 2.23. The summed E-state index contributed by atoms with van der Waals surface area (Å²) in [4.78, 5) is 0. The third-order valence-corrected chi connectivity index (χ3v) is 6.14. The smallest absolute Gasteiger partial charge is 0.187 e. The third kappa shape index (κ3) is 3.88. The van der Waals surface area contributed by atoms with Gasteiger partial charge in [-0.05, 0) is 19.8 Å². The van der Waals surface area contributed by atoms with Crippen LogP contribution in [0, 0.1) is 17.8 Å². The average molecular weight is 395 g/mol. The average Bonchev–Trinajstić information content (AvgIpc) is 3.19. The Morgan fingerprint density at radius 1 is 1.19 bits per heavy atom. The van der Waals surface area contributed by atoms with Gasteiger partial charge in [0.2, 0.25) is 0 Å². The van der Waals surface area contributed by atoms with E-state index in [9.17, 15) is 35.7 Å². The van der Waals surface area contributed by atoms with Crippen LogP contribution < -0.4 is 5.73 Å². The van der Waals surface area contributed by atoms with Crippen LogP contribution >= 0.6 is 0 Å². The molecule has 10 heteroatoms. The van der Waals surface area contributed by atoms with Gasteiger partial charge in [-0.1, -0.05) is 6.92 Å². The van der Waals surface area contributed by atoms with E-state index in [0.29, 0.717) is 0 Å². The maximum Gasteiger partial charge on any atom is 0.187 e. The molecule has 1 saturated heterocycles. The molecule has 10 atom stereocenters. The molecule has 27 heavy (non-hydrogen) atoms. The zero-order valence-electron chi connectivity index (χ0n) is 15.8. The Morgan fingerprint density at radius 2 is 1.78 bits per heavy atom. The van der Waals surface area contributed by atoms with Gasteiger partial charge in [0.15, 0.2) is 6.29 Å². The van der Waals surface area contributed by atoms with Crippen LogP contribution in [0.15, 0.2) is 0 Å². The number of hydrogen-bond acceptors (Lipinski definition) is 10. The second-order valence-electron chi connectivity index (χ2n) is 8.16. The molecule has 2 fully saturated rings. The van der Waals surface area contributed by atoms with Gasteiger partial charge in [-0.15, -0.1) is 0 Å². The van der Waals surface area contributed by atoms with Crippen molar-refractivity contribution in [3.8, 4) is 0 Å². The van der Waals surface area contributed by atoms with Crippen molar-refractivity contribution in [3.05, 3.63) is 0 Å². The molecule has 0 aromatic carbocycles. The van der Waals surface area contributed by atoms with Crippen LogP contribution in [0.25, 0.3) is 0 Å². The fourth-order valence-corrected chi connectivity index (χ4v) is 4.46. The number of rotatable bonds is 9. The summed E-state index contributed by atoms with van der Waals surface area (Å²) in [7, 11) is 0. The number of nitrogens with two attached hydrogens (primary N) is 1. The van der Waals surface area contributed by atoms with Gasteiger partial charge in [0.1, 0.15) is 11.7 Å². The molecule has 0 spiro atoms. The molecule has 1 aliphatic carbocycles. The van der Waals surface area contributed by atoms with E-state index in [0.717, 1.165) is 0 Å². The first-order valence-electron chi connectivity index (χ1n) is 9.17. The van der Waals surface area contributed by atoms with Crippen molar-refractivity contribution < 1.29 is 45.2 Å². The number of hydrogen-bond donors (Lipinski definition) is 8. The van der Waals surface area contributed by atoms with Gasteiger partial charge in [-0.25, -0.2) is 0 Å². The minimum Gasteiger partial charge on any atom is -0.394 e. The molecule has 1 heterocycles. The predicted molar refractivity (Wildman–Crippen MR) is 92.2 cm³/mol. The Kier molecular flexibility index (Phi) is 6.91. The van der Waals surface area contributed by atoms with Crippen molar-refractivity contribution in [2.45, 2.75) is 68.8 Å². The number of fused-ring (bicyclic) bond motifs is 1. The molecule has 8 unspecified atom stereocenters. The van der Waals surface area contributed by atoms with Crippen LogP contribution in [0.3, 0.4) is 0 Å². The summed E-state index contributed by atoms with van der Waals surface area (Å²) in [5, 5.41) is 70.5. The van der Waals surface area contributed by atoms with E-state index < -0.39 is 66.5 Å². The summed E-state index contributed by atoms with van der Waals surface area (Å²) in [6, 6.07) is 0. The van der Waals surface area contributed by atoms with E-state index in [-0.39, 0.29) is 19.1 Å². The first-order valence-corrected chi connectivity index (χ1v) is 9.17. The predicted octanol–water partition coefficient (Wildman–Crippen LogP) is -3.49. The van der Waals surface area contributed by atoms with Crippen molar-refractivity contribution >= 4 is 0 Å². The van der Waals surface area contributed by atoms with Crippen molar-refractivity contribution in [3.63, 3.8) is 0 Å². The lowest BCUT2D eigenvalue weighted by molar-refractivity contribution is -0.318. The molecule has 0 aromatic heterocycles. The van der Waals surface area contributed by atoms with Gasteiger partial charge in [0.25, 0.3) is 0 Å². The number of ether oxygens (including phenoxy) is 2. The van der Waals surface area contributed by atoms with Gasteiger partial charge < -0.3 is 51.0 Å². The van der Waals surface area contributed by atoms with Crippen LogP contribution in [0.1, 0.15) is 20.8 Å². The summed E-state index contributed by atoms with van der Waals surface area (Å²) >= 11 is 0. The largest absolute Gasteiger partial charge is 0.394 e. The molecular weight excluding hydrogens is 362 g/mol. The molecular formula is C17H33NO9. The molecule has 9 N–H and O–H groups in total. The molecule has 160 valence electrons. The fourth-order valence-electron chi connectivity index (χ4n) is 4.46. The molecule has 2 rings (SSSR count). The van der Waals surface area contributed by atoms with E-state index >= 15 is 0 Å². The monoisotopic (exact) mass is 395 g/mol. The molecule has 10 nitrogen and oxygen atoms in total. The van der Waals surface area contributed by atoms with E-state index in [4.69, 9.17) is 15.2 Å². The third-order valence-electron chi connectivity index (χ3n) is 6.14. The Hall–Kier alpha value is -0.400. The highest BCUT2D eigenvalue weighted by atomic mass is 16.7. The number of aliphatic hydroxyl groups excluding tert-OH is 6. The minimum absolute atomic E-state index is 0.278. The second-order valence-corrected chi connectivity index (χ2v) is 8.16. The fraction of sp³-hybridized carbons (Fsp3) is 1.00. The quantitative estimate of drug-likeness (QED) is 0.195. The summed E-state index contributed by atoms with van der Waals surface area (Å²) < 4.78 is 11.4. The molecule has 1 saturated carbocycles. The lowest BCUT2D eigenvalue weighted by atomic mass is 9.79. The van der Waals surface area contributed by atoms with E-state index in [1.54, 1.807) is 6.92 Å². The zero-order chi connectivity index (χ0) is 20.7. The summed E-state index contributed by atoms with van der Waals surface area (Å²) in [6.45, 7) is 3.34. The maximum atomic E-state index is 10.7. The summed E-state index contributed by atoms with van der Waals surface area (Å²) in [5.74, 6) is -1.91. The highest BCUT2D eigenvalue weighted by Crippen LogP contribution is 2.59. The minimum atomic E-state index is -1.53. The van der Waals surface area contributed by atoms with E-state index in [1.165, 1.54) is 13.8 Å². The molecule has 0 aromatic rings. The summed E-state index contributed by atoms with van der Waals surface area (Å²) in [6.07, 6.45) is -7.87. The van der Waals surface area contributed by atoms with Crippen LogP contribution in [-0.4, -0.2) is 104 Å². The normalized spacial score (nSPS) is 40.8. The van der Waals surface area contributed by atoms with Gasteiger partial charge in [-0.3, -0.25) is 0 Å². The van der Waals surface area contributed by atoms with Crippen molar-refractivity contribution in [1.29, 1.82) is 0 Å². The van der Waals surface area contributed by atoms with Gasteiger partial charge in [0, 0.05) is 18.4 Å². The molecule has 0 radical (unpaired) electrons. The van der Waals surface area contributed by atoms with Crippen LogP contribution in [0.5, 0.6) is 0 Å². The van der Waals surface area contributed by atoms with Crippen LogP contribution in [0.4, 0.5) is 0 Å². The lowest BCUT2D eigenvalue weighted by Gasteiger charge is -2.45. The molecule has 2 aliphatic rings. The van der Waals surface area contributed by atoms with Crippen LogP contribution in [-0.2, 0) is 9.47 Å². The lowest BCUT2D eigenvalue weighted by Crippen LogP contribution is -2.59. The standard InChI is InChI=1S/C17H33NO9/c1-7-11-10(6-20)26-15(14(24)17(7,11)25)27-16(2,3)12(9(22)5-19)13(23)8(21)4-18/h7-15,19-25H,4-6,18H2,1-3H3/t7?,8?,9?,10?,11?,12-,13?,14?,15+,17?/m0/s1. The van der Waals surface area contributed by atoms with Gasteiger partial charge >= 0.3 is 0 Å². The Morgan fingerprint density at radius 3 is 2.26 bits per heavy atom. The SMILES string of the molecule is CC1C2C(CO)O[C@H](OC(C)(C)[C@@H](C(O)CO)C(O)C(O)CN)C(O)C12O. The first kappa shape index (κ1) is 22.9.